The van der Waals surface area contributed by atoms with Crippen LogP contribution in [0.5, 0.6) is 0 Å². The van der Waals surface area contributed by atoms with Gasteiger partial charge in [0.15, 0.2) is 5.96 Å². The molecule has 1 heterocycles. The largest absolute Gasteiger partial charge is 0.384 e. The molecule has 1 aliphatic rings. The van der Waals surface area contributed by atoms with Gasteiger partial charge in [-0.3, -0.25) is 4.90 Å². The van der Waals surface area contributed by atoms with E-state index in [2.05, 4.69) is 46.7 Å². The second kappa shape index (κ2) is 11.3. The monoisotopic (exact) mass is 424 g/mol. The fourth-order valence-corrected chi connectivity index (χ4v) is 3.79. The number of benzene rings is 2. The van der Waals surface area contributed by atoms with Crippen molar-refractivity contribution < 1.29 is 9.84 Å². The van der Waals surface area contributed by atoms with Gasteiger partial charge in [-0.25, -0.2) is 4.99 Å². The fourth-order valence-electron chi connectivity index (χ4n) is 3.79. The Morgan fingerprint density at radius 2 is 1.94 bits per heavy atom. The second-order valence-electron chi connectivity index (χ2n) is 8.43. The van der Waals surface area contributed by atoms with E-state index in [1.165, 1.54) is 11.1 Å². The third-order valence-electron chi connectivity index (χ3n) is 5.48. The molecule has 0 spiro atoms. The zero-order chi connectivity index (χ0) is 22.1. The highest BCUT2D eigenvalue weighted by molar-refractivity contribution is 5.79. The summed E-state index contributed by atoms with van der Waals surface area (Å²) in [6.45, 7) is 11.4. The molecule has 3 N–H and O–H groups in total. The van der Waals surface area contributed by atoms with Crippen LogP contribution in [0.25, 0.3) is 0 Å². The Labute approximate surface area is 186 Å². The molecule has 2 aromatic rings. The van der Waals surface area contributed by atoms with Gasteiger partial charge >= 0.3 is 0 Å². The molecule has 6 heteroatoms. The van der Waals surface area contributed by atoms with Gasteiger partial charge in [0.2, 0.25) is 0 Å². The third kappa shape index (κ3) is 7.35. The molecule has 168 valence electrons. The van der Waals surface area contributed by atoms with Gasteiger partial charge in [-0.1, -0.05) is 54.6 Å². The van der Waals surface area contributed by atoms with Crippen LogP contribution in [0.3, 0.4) is 0 Å². The lowest BCUT2D eigenvalue weighted by atomic mass is 9.96. The minimum atomic E-state index is -0.980. The third-order valence-corrected chi connectivity index (χ3v) is 5.48. The molecule has 0 saturated carbocycles. The van der Waals surface area contributed by atoms with Crippen LogP contribution < -0.4 is 10.6 Å². The molecule has 2 atom stereocenters. The van der Waals surface area contributed by atoms with Crippen LogP contribution in [0.2, 0.25) is 0 Å². The van der Waals surface area contributed by atoms with Crippen LogP contribution in [-0.4, -0.2) is 54.9 Å². The Morgan fingerprint density at radius 1 is 1.16 bits per heavy atom. The van der Waals surface area contributed by atoms with Crippen LogP contribution >= 0.6 is 0 Å². The summed E-state index contributed by atoms with van der Waals surface area (Å²) >= 11 is 0. The molecule has 0 amide bonds. The van der Waals surface area contributed by atoms with Crippen LogP contribution in [0.1, 0.15) is 37.5 Å². The van der Waals surface area contributed by atoms with Crippen LogP contribution in [0.15, 0.2) is 59.6 Å². The molecule has 1 aliphatic heterocycles. The standard InChI is InChI=1S/C25H36N4O2/c1-4-26-24(28-19-25(3,30)23-11-6-5-7-12-23)27-16-21-9-8-10-22(15-21)18-29-13-14-31-20(2)17-29/h5-12,15,20,30H,4,13-14,16-19H2,1-3H3,(H2,26,27,28). The van der Waals surface area contributed by atoms with E-state index in [0.29, 0.717) is 25.2 Å². The summed E-state index contributed by atoms with van der Waals surface area (Å²) < 4.78 is 5.64. The quantitative estimate of drug-likeness (QED) is 0.449. The van der Waals surface area contributed by atoms with Gasteiger partial charge in [0.1, 0.15) is 5.60 Å². The molecule has 0 aromatic heterocycles. The van der Waals surface area contributed by atoms with Gasteiger partial charge in [0.05, 0.1) is 25.8 Å². The molecule has 6 nitrogen and oxygen atoms in total. The number of ether oxygens (including phenoxy) is 1. The van der Waals surface area contributed by atoms with Gasteiger partial charge in [-0.2, -0.15) is 0 Å². The molecule has 1 fully saturated rings. The highest BCUT2D eigenvalue weighted by atomic mass is 16.5. The topological polar surface area (TPSA) is 69.1 Å². The number of aliphatic hydroxyl groups is 1. The number of morpholine rings is 1. The SMILES string of the molecule is CCNC(=NCc1cccc(CN2CCOC(C)C2)c1)NCC(C)(O)c1ccccc1. The number of nitrogens with zero attached hydrogens (tertiary/aromatic N) is 2. The van der Waals surface area contributed by atoms with Crippen molar-refractivity contribution in [2.45, 2.75) is 45.6 Å². The maximum atomic E-state index is 10.8. The molecule has 0 radical (unpaired) electrons. The molecule has 31 heavy (non-hydrogen) atoms. The Kier molecular flexibility index (Phi) is 8.46. The van der Waals surface area contributed by atoms with Gasteiger partial charge in [0.25, 0.3) is 0 Å². The van der Waals surface area contributed by atoms with E-state index >= 15 is 0 Å². The van der Waals surface area contributed by atoms with Crippen LogP contribution in [-0.2, 0) is 23.4 Å². The van der Waals surface area contributed by atoms with Gasteiger partial charge in [-0.05, 0) is 37.5 Å². The van der Waals surface area contributed by atoms with Crippen LogP contribution in [0, 0.1) is 0 Å². The van der Waals surface area contributed by atoms with E-state index in [1.54, 1.807) is 0 Å². The van der Waals surface area contributed by atoms with Crippen molar-refractivity contribution in [3.8, 4) is 0 Å². The lowest BCUT2D eigenvalue weighted by molar-refractivity contribution is -0.0212. The van der Waals surface area contributed by atoms with E-state index in [0.717, 1.165) is 38.3 Å². The highest BCUT2D eigenvalue weighted by Crippen LogP contribution is 2.19. The summed E-state index contributed by atoms with van der Waals surface area (Å²) in [7, 11) is 0. The van der Waals surface area contributed by atoms with E-state index in [9.17, 15) is 5.11 Å². The minimum absolute atomic E-state index is 0.295. The van der Waals surface area contributed by atoms with Gasteiger partial charge in [0, 0.05) is 26.2 Å². The maximum absolute atomic E-state index is 10.8. The molecule has 0 aliphatic carbocycles. The summed E-state index contributed by atoms with van der Waals surface area (Å²) in [5, 5.41) is 17.4. The first kappa shape index (κ1) is 23.3. The average molecular weight is 425 g/mol. The fraction of sp³-hybridized carbons (Fsp3) is 0.480. The first-order valence-electron chi connectivity index (χ1n) is 11.2. The number of guanidine groups is 1. The molecule has 2 unspecified atom stereocenters. The van der Waals surface area contributed by atoms with E-state index in [-0.39, 0.29) is 0 Å². The molecular weight excluding hydrogens is 388 g/mol. The average Bonchev–Trinajstić information content (AvgIpc) is 2.77. The lowest BCUT2D eigenvalue weighted by Gasteiger charge is -2.31. The van der Waals surface area contributed by atoms with Crippen molar-refractivity contribution in [2.24, 2.45) is 4.99 Å². The Bertz CT molecular complexity index is 838. The zero-order valence-electron chi connectivity index (χ0n) is 19.0. The normalized spacial score (nSPS) is 19.6. The summed E-state index contributed by atoms with van der Waals surface area (Å²) in [6, 6.07) is 18.3. The molecule has 1 saturated heterocycles. The summed E-state index contributed by atoms with van der Waals surface area (Å²) in [5.74, 6) is 0.700. The summed E-state index contributed by atoms with van der Waals surface area (Å²) in [4.78, 5) is 7.17. The predicted molar refractivity (Wildman–Crippen MR) is 126 cm³/mol. The van der Waals surface area contributed by atoms with Gasteiger partial charge in [-0.15, -0.1) is 0 Å². The number of rotatable bonds is 8. The van der Waals surface area contributed by atoms with E-state index in [1.807, 2.05) is 44.2 Å². The lowest BCUT2D eigenvalue weighted by Crippen LogP contribution is -2.44. The predicted octanol–water partition coefficient (Wildman–Crippen LogP) is 2.87. The van der Waals surface area contributed by atoms with E-state index in [4.69, 9.17) is 9.73 Å². The Hall–Kier alpha value is -2.41. The van der Waals surface area contributed by atoms with Crippen molar-refractivity contribution in [1.82, 2.24) is 15.5 Å². The number of hydrogen-bond donors (Lipinski definition) is 3. The van der Waals surface area contributed by atoms with Crippen molar-refractivity contribution in [3.05, 3.63) is 71.3 Å². The Morgan fingerprint density at radius 3 is 2.68 bits per heavy atom. The van der Waals surface area contributed by atoms with Crippen molar-refractivity contribution in [3.63, 3.8) is 0 Å². The van der Waals surface area contributed by atoms with Gasteiger partial charge < -0.3 is 20.5 Å². The number of aliphatic imine (C=N–C) groups is 1. The Balaban J connectivity index is 1.59. The molecule has 2 aromatic carbocycles. The molecule has 3 rings (SSSR count). The first-order chi connectivity index (χ1) is 15.0. The summed E-state index contributed by atoms with van der Waals surface area (Å²) in [5.41, 5.74) is 2.37. The smallest absolute Gasteiger partial charge is 0.191 e. The van der Waals surface area contributed by atoms with Crippen LogP contribution in [0.4, 0.5) is 0 Å². The first-order valence-corrected chi connectivity index (χ1v) is 11.2. The molecular formula is C25H36N4O2. The minimum Gasteiger partial charge on any atom is -0.384 e. The van der Waals surface area contributed by atoms with Crippen molar-refractivity contribution >= 4 is 5.96 Å². The maximum Gasteiger partial charge on any atom is 0.191 e. The van der Waals surface area contributed by atoms with Crippen molar-refractivity contribution in [1.29, 1.82) is 0 Å². The second-order valence-corrected chi connectivity index (χ2v) is 8.43. The summed E-state index contributed by atoms with van der Waals surface area (Å²) in [6.07, 6.45) is 0.295. The highest BCUT2D eigenvalue weighted by Gasteiger charge is 2.23. The number of hydrogen-bond acceptors (Lipinski definition) is 4. The zero-order valence-corrected chi connectivity index (χ0v) is 19.0. The van der Waals surface area contributed by atoms with E-state index < -0.39 is 5.60 Å². The number of nitrogens with one attached hydrogen (secondary N) is 2. The van der Waals surface area contributed by atoms with Crippen molar-refractivity contribution in [2.75, 3.05) is 32.8 Å². The molecule has 0 bridgehead atoms.